The van der Waals surface area contributed by atoms with E-state index in [2.05, 4.69) is 25.9 Å². The highest BCUT2D eigenvalue weighted by Crippen LogP contribution is 2.42. The number of benzene rings is 1. The van der Waals surface area contributed by atoms with Gasteiger partial charge in [0.15, 0.2) is 0 Å². The average Bonchev–Trinajstić information content (AvgIpc) is 3.82. The van der Waals surface area contributed by atoms with Gasteiger partial charge in [0.05, 0.1) is 0 Å². The number of anilines is 2. The third-order valence-corrected chi connectivity index (χ3v) is 7.03. The van der Waals surface area contributed by atoms with Crippen LogP contribution < -0.4 is 21.7 Å². The molecule has 2 amide bonds. The molecule has 190 valence electrons. The highest BCUT2D eigenvalue weighted by Gasteiger charge is 2.37. The molecule has 9 heteroatoms. The van der Waals surface area contributed by atoms with Crippen LogP contribution in [-0.4, -0.2) is 40.6 Å². The number of nitrogens with zero attached hydrogens (tertiary/aromatic N) is 2. The zero-order chi connectivity index (χ0) is 25.9. The van der Waals surface area contributed by atoms with E-state index in [0.29, 0.717) is 30.1 Å². The molecule has 9 nitrogen and oxygen atoms in total. The Hall–Kier alpha value is -4.27. The lowest BCUT2D eigenvalue weighted by Crippen LogP contribution is -2.36. The normalized spacial score (nSPS) is 18.8. The minimum absolute atomic E-state index is 0.278. The molecule has 2 unspecified atom stereocenters. The fourth-order valence-corrected chi connectivity index (χ4v) is 4.50. The van der Waals surface area contributed by atoms with E-state index >= 15 is 0 Å². The second kappa shape index (κ2) is 10.4. The van der Waals surface area contributed by atoms with E-state index < -0.39 is 11.8 Å². The molecule has 2 aliphatic rings. The number of hydrogen-bond donors (Lipinski definition) is 5. The molecule has 2 aromatic heterocycles. The minimum atomic E-state index is -0.759. The van der Waals surface area contributed by atoms with Crippen molar-refractivity contribution in [2.45, 2.75) is 38.6 Å². The smallest absolute Gasteiger partial charge is 0.314 e. The van der Waals surface area contributed by atoms with Gasteiger partial charge in [-0.05, 0) is 90.8 Å². The second-order valence-electron chi connectivity index (χ2n) is 9.98. The monoisotopic (exact) mass is 497 g/mol. The third-order valence-electron chi connectivity index (χ3n) is 7.03. The van der Waals surface area contributed by atoms with Crippen molar-refractivity contribution in [2.75, 3.05) is 17.6 Å². The number of aryl methyl sites for hydroxylation is 1. The molecule has 1 aromatic carbocycles. The summed E-state index contributed by atoms with van der Waals surface area (Å²) in [6.45, 7) is 2.45. The number of carbonyl (C=O) groups is 2. The molecule has 0 radical (unpaired) electrons. The minimum Gasteiger partial charge on any atom is -0.398 e. The Kier molecular flexibility index (Phi) is 6.85. The Balaban J connectivity index is 1.17. The fourth-order valence-electron chi connectivity index (χ4n) is 4.50. The predicted octanol–water partition coefficient (Wildman–Crippen LogP) is 3.55. The lowest BCUT2D eigenvalue weighted by atomic mass is 9.99. The van der Waals surface area contributed by atoms with Crippen molar-refractivity contribution in [1.82, 2.24) is 20.6 Å². The van der Waals surface area contributed by atoms with Crippen molar-refractivity contribution in [3.63, 3.8) is 0 Å². The van der Waals surface area contributed by atoms with Crippen LogP contribution in [0.3, 0.4) is 0 Å². The van der Waals surface area contributed by atoms with Crippen LogP contribution in [0.4, 0.5) is 11.5 Å². The number of allylic oxidation sites excluding steroid dienone is 1. The third kappa shape index (κ3) is 5.94. The van der Waals surface area contributed by atoms with Gasteiger partial charge in [-0.1, -0.05) is 0 Å². The van der Waals surface area contributed by atoms with E-state index in [0.717, 1.165) is 45.9 Å². The number of nitrogens with two attached hydrogens (primary N) is 1. The summed E-state index contributed by atoms with van der Waals surface area (Å²) in [6, 6.07) is 8.06. The zero-order valence-corrected chi connectivity index (χ0v) is 20.8. The van der Waals surface area contributed by atoms with Crippen molar-refractivity contribution in [1.29, 1.82) is 5.41 Å². The molecule has 2 aliphatic carbocycles. The summed E-state index contributed by atoms with van der Waals surface area (Å²) in [6.07, 6.45) is 12.6. The summed E-state index contributed by atoms with van der Waals surface area (Å²) in [5, 5.41) is 17.8. The van der Waals surface area contributed by atoms with Gasteiger partial charge in [0.2, 0.25) is 0 Å². The maximum Gasteiger partial charge on any atom is 0.314 e. The molecule has 5 rings (SSSR count). The van der Waals surface area contributed by atoms with Gasteiger partial charge >= 0.3 is 11.8 Å². The van der Waals surface area contributed by atoms with Crippen LogP contribution in [0.1, 0.15) is 31.2 Å². The van der Waals surface area contributed by atoms with Gasteiger partial charge in [0.1, 0.15) is 5.82 Å². The Morgan fingerprint density at radius 3 is 2.76 bits per heavy atom. The molecule has 2 saturated carbocycles. The molecule has 37 heavy (non-hydrogen) atoms. The Labute approximate surface area is 215 Å². The second-order valence-corrected chi connectivity index (χ2v) is 9.98. The molecule has 0 bridgehead atoms. The van der Waals surface area contributed by atoms with Gasteiger partial charge in [-0.2, -0.15) is 0 Å². The number of pyridine rings is 2. The summed E-state index contributed by atoms with van der Waals surface area (Å²) in [5.74, 6) is -0.435. The van der Waals surface area contributed by atoms with Crippen molar-refractivity contribution in [3.05, 3.63) is 60.2 Å². The van der Waals surface area contributed by atoms with Crippen LogP contribution in [0.15, 0.2) is 54.6 Å². The van der Waals surface area contributed by atoms with Gasteiger partial charge in [0, 0.05) is 60.2 Å². The maximum atomic E-state index is 12.5. The van der Waals surface area contributed by atoms with E-state index in [1.54, 1.807) is 24.7 Å². The van der Waals surface area contributed by atoms with Crippen LogP contribution >= 0.6 is 0 Å². The molecule has 2 heterocycles. The summed E-state index contributed by atoms with van der Waals surface area (Å²) in [5.41, 5.74) is 10.8. The summed E-state index contributed by atoms with van der Waals surface area (Å²) < 4.78 is 0. The number of carbonyl (C=O) groups excluding carboxylic acids is 2. The van der Waals surface area contributed by atoms with Crippen LogP contribution in [-0.2, 0) is 9.59 Å². The van der Waals surface area contributed by atoms with Crippen LogP contribution in [0.2, 0.25) is 0 Å². The van der Waals surface area contributed by atoms with Gasteiger partial charge in [-0.25, -0.2) is 4.98 Å². The Morgan fingerprint density at radius 2 is 2.00 bits per heavy atom. The highest BCUT2D eigenvalue weighted by atomic mass is 16.2. The van der Waals surface area contributed by atoms with Crippen LogP contribution in [0, 0.1) is 24.2 Å². The molecule has 6 N–H and O–H groups in total. The number of nitrogens with one attached hydrogen (secondary N) is 4. The van der Waals surface area contributed by atoms with E-state index in [-0.39, 0.29) is 5.82 Å². The lowest BCUT2D eigenvalue weighted by molar-refractivity contribution is -0.136. The molecule has 0 aliphatic heterocycles. The number of amides is 2. The number of hydrogen-bond acceptors (Lipinski definition) is 7. The van der Waals surface area contributed by atoms with Crippen LogP contribution in [0.5, 0.6) is 0 Å². The molecular formula is C28H31N7O2. The van der Waals surface area contributed by atoms with Crippen molar-refractivity contribution in [2.24, 2.45) is 11.8 Å². The molecule has 2 fully saturated rings. The first kappa shape index (κ1) is 24.4. The lowest BCUT2D eigenvalue weighted by Gasteiger charge is -2.11. The predicted molar refractivity (Wildman–Crippen MR) is 145 cm³/mol. The van der Waals surface area contributed by atoms with Gasteiger partial charge in [0.25, 0.3) is 0 Å². The summed E-state index contributed by atoms with van der Waals surface area (Å²) in [4.78, 5) is 33.4. The number of aromatic nitrogens is 2. The first-order valence-electron chi connectivity index (χ1n) is 12.6. The topological polar surface area (TPSA) is 146 Å². The Morgan fingerprint density at radius 1 is 1.16 bits per heavy atom. The van der Waals surface area contributed by atoms with Crippen molar-refractivity contribution < 1.29 is 9.59 Å². The Bertz CT molecular complexity index is 1400. The first-order valence-corrected chi connectivity index (χ1v) is 12.6. The molecule has 0 spiro atoms. The SMILES string of the molecule is Cc1ccncc1-c1cc(N)c2cnc(NC(=O)C(=O)NCC3CC3C/C(C=N)=C/NC3CC3)cc2c1. The van der Waals surface area contributed by atoms with Gasteiger partial charge in [-0.3, -0.25) is 14.6 Å². The maximum absolute atomic E-state index is 12.5. The van der Waals surface area contributed by atoms with Gasteiger partial charge in [-0.15, -0.1) is 0 Å². The largest absolute Gasteiger partial charge is 0.398 e. The summed E-state index contributed by atoms with van der Waals surface area (Å²) in [7, 11) is 0. The average molecular weight is 498 g/mol. The quantitative estimate of drug-likeness (QED) is 0.174. The molecule has 0 saturated heterocycles. The zero-order valence-electron chi connectivity index (χ0n) is 20.8. The highest BCUT2D eigenvalue weighted by molar-refractivity contribution is 6.39. The van der Waals surface area contributed by atoms with Crippen molar-refractivity contribution in [3.8, 4) is 11.1 Å². The van der Waals surface area contributed by atoms with Crippen molar-refractivity contribution >= 4 is 40.3 Å². The van der Waals surface area contributed by atoms with Gasteiger partial charge < -0.3 is 27.1 Å². The van der Waals surface area contributed by atoms with Crippen LogP contribution in [0.25, 0.3) is 21.9 Å². The molecular weight excluding hydrogens is 466 g/mol. The first-order chi connectivity index (χ1) is 17.9. The van der Waals surface area contributed by atoms with E-state index in [4.69, 9.17) is 11.1 Å². The fraction of sp³-hybridized carbons (Fsp3) is 0.321. The number of rotatable bonds is 9. The van der Waals surface area contributed by atoms with E-state index in [9.17, 15) is 9.59 Å². The van der Waals surface area contributed by atoms with E-state index in [1.165, 1.54) is 19.1 Å². The molecule has 2 atom stereocenters. The molecule has 3 aromatic rings. The number of fused-ring (bicyclic) bond motifs is 1. The number of nitrogen functional groups attached to an aromatic ring is 1. The van der Waals surface area contributed by atoms with E-state index in [1.807, 2.05) is 31.3 Å². The summed E-state index contributed by atoms with van der Waals surface area (Å²) >= 11 is 0. The standard InChI is InChI=1S/C28H31N7O2/c1-16-4-5-31-14-23(16)19-8-20-10-26(33-15-24(20)25(30)9-19)35-28(37)27(36)34-13-21-7-18(21)6-17(11-29)12-32-22-2-3-22/h4-5,8-12,14-15,18,21-22,29,32H,2-3,6-7,13,30H2,1H3,(H,34,36)(H,33,35,37)/b17-12-,29-11?.